The Balaban J connectivity index is 1.82. The molecule has 2 fully saturated rings. The summed E-state index contributed by atoms with van der Waals surface area (Å²) < 4.78 is 25.2. The van der Waals surface area contributed by atoms with Gasteiger partial charge in [-0.15, -0.1) is 0 Å². The average Bonchev–Trinajstić information content (AvgIpc) is 3.10. The van der Waals surface area contributed by atoms with Crippen LogP contribution in [0.2, 0.25) is 0 Å². The second-order valence-electron chi connectivity index (χ2n) is 5.58. The molecule has 8 heteroatoms. The van der Waals surface area contributed by atoms with Crippen molar-refractivity contribution in [2.24, 2.45) is 0 Å². The number of hydrogen-bond donors (Lipinski definition) is 3. The van der Waals surface area contributed by atoms with Crippen LogP contribution in [0.3, 0.4) is 0 Å². The first-order valence-corrected chi connectivity index (χ1v) is 8.96. The van der Waals surface area contributed by atoms with Gasteiger partial charge in [-0.2, -0.15) is 0 Å². The Labute approximate surface area is 129 Å². The van der Waals surface area contributed by atoms with E-state index in [1.807, 2.05) is 0 Å². The minimum Gasteiger partial charge on any atom is -0.506 e. The lowest BCUT2D eigenvalue weighted by atomic mass is 10.2. The number of benzene rings is 1. The highest BCUT2D eigenvalue weighted by Gasteiger charge is 2.29. The fourth-order valence-corrected chi connectivity index (χ4v) is 4.39. The Kier molecular flexibility index (Phi) is 3.96. The molecule has 2 saturated heterocycles. The lowest BCUT2D eigenvalue weighted by molar-refractivity contribution is -0.117. The Hall–Kier alpha value is -1.80. The van der Waals surface area contributed by atoms with Gasteiger partial charge in [-0.3, -0.25) is 9.10 Å². The van der Waals surface area contributed by atoms with Crippen LogP contribution < -0.4 is 14.9 Å². The van der Waals surface area contributed by atoms with Crippen LogP contribution in [0.1, 0.15) is 19.3 Å². The molecule has 0 bridgehead atoms. The molecule has 3 rings (SSSR count). The van der Waals surface area contributed by atoms with E-state index < -0.39 is 10.0 Å². The highest BCUT2D eigenvalue weighted by Crippen LogP contribution is 2.32. The lowest BCUT2D eigenvalue weighted by Gasteiger charge is -2.19. The quantitative estimate of drug-likeness (QED) is 0.708. The number of nitrogens with one attached hydrogen (secondary N) is 2. The minimum atomic E-state index is -3.29. The van der Waals surface area contributed by atoms with E-state index in [2.05, 4.69) is 10.6 Å². The Bertz CT molecular complexity index is 683. The molecular weight excluding hydrogens is 306 g/mol. The molecule has 1 aromatic rings. The second kappa shape index (κ2) is 5.77. The zero-order chi connectivity index (χ0) is 15.7. The van der Waals surface area contributed by atoms with E-state index in [0.717, 1.165) is 19.4 Å². The predicted octanol–water partition coefficient (Wildman–Crippen LogP) is 0.623. The van der Waals surface area contributed by atoms with Crippen LogP contribution in [0, 0.1) is 0 Å². The van der Waals surface area contributed by atoms with E-state index >= 15 is 0 Å². The molecule has 0 spiro atoms. The number of phenolic OH excluding ortho intramolecular Hbond substituents is 1. The molecule has 22 heavy (non-hydrogen) atoms. The van der Waals surface area contributed by atoms with Crippen molar-refractivity contribution in [3.63, 3.8) is 0 Å². The molecule has 0 aliphatic carbocycles. The number of rotatable bonds is 3. The molecule has 2 heterocycles. The summed E-state index contributed by atoms with van der Waals surface area (Å²) in [5.41, 5.74) is 0.697. The first-order valence-electron chi connectivity index (χ1n) is 7.35. The van der Waals surface area contributed by atoms with E-state index in [9.17, 15) is 18.3 Å². The summed E-state index contributed by atoms with van der Waals surface area (Å²) in [6.07, 6.45) is 2.28. The van der Waals surface area contributed by atoms with Crippen LogP contribution >= 0.6 is 0 Å². The van der Waals surface area contributed by atoms with Crippen molar-refractivity contribution in [1.82, 2.24) is 5.32 Å². The maximum atomic E-state index is 12.1. The number of anilines is 2. The normalized spacial score (nSPS) is 23.6. The fraction of sp³-hybridized carbons (Fsp3) is 0.500. The maximum Gasteiger partial charge on any atom is 0.241 e. The van der Waals surface area contributed by atoms with Gasteiger partial charge in [-0.05, 0) is 44.0 Å². The smallest absolute Gasteiger partial charge is 0.241 e. The molecule has 0 saturated carbocycles. The summed E-state index contributed by atoms with van der Waals surface area (Å²) in [6, 6.07) is 4.19. The van der Waals surface area contributed by atoms with E-state index in [1.54, 1.807) is 6.07 Å². The molecule has 2 aliphatic heterocycles. The van der Waals surface area contributed by atoms with Crippen molar-refractivity contribution in [2.75, 3.05) is 28.5 Å². The van der Waals surface area contributed by atoms with Crippen LogP contribution in [0.15, 0.2) is 18.2 Å². The number of carbonyl (C=O) groups is 1. The molecule has 1 amide bonds. The molecular formula is C14H19N3O4S. The Morgan fingerprint density at radius 1 is 1.36 bits per heavy atom. The molecule has 1 atom stereocenters. The predicted molar refractivity (Wildman–Crippen MR) is 83.5 cm³/mol. The first-order chi connectivity index (χ1) is 10.5. The largest absolute Gasteiger partial charge is 0.506 e. The molecule has 2 aliphatic rings. The SMILES string of the molecule is O=C(Nc1cc(N2CCCS2(=O)=O)ccc1O)C1CCCN1. The van der Waals surface area contributed by atoms with Crippen LogP contribution in [0.4, 0.5) is 11.4 Å². The summed E-state index contributed by atoms with van der Waals surface area (Å²) in [4.78, 5) is 12.1. The van der Waals surface area contributed by atoms with Crippen LogP contribution in [0.25, 0.3) is 0 Å². The standard InChI is InChI=1S/C14H19N3O4S/c18-13-5-4-10(17-7-2-8-22(17,20)21)9-12(13)16-14(19)11-3-1-6-15-11/h4-5,9,11,15,18H,1-3,6-8H2,(H,16,19). The zero-order valence-electron chi connectivity index (χ0n) is 12.1. The Morgan fingerprint density at radius 2 is 2.18 bits per heavy atom. The van der Waals surface area contributed by atoms with Crippen molar-refractivity contribution in [3.05, 3.63) is 18.2 Å². The Morgan fingerprint density at radius 3 is 2.82 bits per heavy atom. The molecule has 7 nitrogen and oxygen atoms in total. The highest BCUT2D eigenvalue weighted by atomic mass is 32.2. The third-order valence-electron chi connectivity index (χ3n) is 4.00. The van der Waals surface area contributed by atoms with Crippen molar-refractivity contribution in [1.29, 1.82) is 0 Å². The molecule has 1 unspecified atom stereocenters. The van der Waals surface area contributed by atoms with Crippen LogP contribution in [-0.4, -0.2) is 44.3 Å². The van der Waals surface area contributed by atoms with Crippen molar-refractivity contribution in [2.45, 2.75) is 25.3 Å². The number of sulfonamides is 1. The van der Waals surface area contributed by atoms with E-state index in [-0.39, 0.29) is 29.1 Å². The van der Waals surface area contributed by atoms with Crippen LogP contribution in [0.5, 0.6) is 5.75 Å². The first kappa shape index (κ1) is 15.1. The third-order valence-corrected chi connectivity index (χ3v) is 5.87. The topological polar surface area (TPSA) is 98.7 Å². The maximum absolute atomic E-state index is 12.1. The van der Waals surface area contributed by atoms with Gasteiger partial charge < -0.3 is 15.7 Å². The summed E-state index contributed by atoms with van der Waals surface area (Å²) in [7, 11) is -3.29. The van der Waals surface area contributed by atoms with Crippen LogP contribution in [-0.2, 0) is 14.8 Å². The average molecular weight is 325 g/mol. The number of phenols is 1. The number of amides is 1. The molecule has 1 aromatic carbocycles. The molecule has 0 radical (unpaired) electrons. The van der Waals surface area contributed by atoms with E-state index in [0.29, 0.717) is 18.7 Å². The highest BCUT2D eigenvalue weighted by molar-refractivity contribution is 7.93. The molecule has 3 N–H and O–H groups in total. The van der Waals surface area contributed by atoms with Gasteiger partial charge in [0.15, 0.2) is 0 Å². The van der Waals surface area contributed by atoms with Crippen molar-refractivity contribution < 1.29 is 18.3 Å². The van der Waals surface area contributed by atoms with Gasteiger partial charge >= 0.3 is 0 Å². The van der Waals surface area contributed by atoms with Gasteiger partial charge in [0.2, 0.25) is 15.9 Å². The third kappa shape index (κ3) is 2.89. The number of hydrogen-bond acceptors (Lipinski definition) is 5. The summed E-state index contributed by atoms with van der Waals surface area (Å²) in [5.74, 6) is -0.164. The lowest BCUT2D eigenvalue weighted by Crippen LogP contribution is -2.35. The van der Waals surface area contributed by atoms with Gasteiger partial charge in [-0.25, -0.2) is 8.42 Å². The van der Waals surface area contributed by atoms with E-state index in [1.165, 1.54) is 16.4 Å². The van der Waals surface area contributed by atoms with Gasteiger partial charge in [0.25, 0.3) is 0 Å². The zero-order valence-corrected chi connectivity index (χ0v) is 12.9. The minimum absolute atomic E-state index is 0.0771. The van der Waals surface area contributed by atoms with Crippen molar-refractivity contribution >= 4 is 27.3 Å². The van der Waals surface area contributed by atoms with Gasteiger partial charge in [-0.1, -0.05) is 0 Å². The monoisotopic (exact) mass is 325 g/mol. The van der Waals surface area contributed by atoms with Crippen molar-refractivity contribution in [3.8, 4) is 5.75 Å². The molecule has 0 aromatic heterocycles. The van der Waals surface area contributed by atoms with Gasteiger partial charge in [0.1, 0.15) is 5.75 Å². The number of aromatic hydroxyl groups is 1. The van der Waals surface area contributed by atoms with E-state index in [4.69, 9.17) is 0 Å². The second-order valence-corrected chi connectivity index (χ2v) is 7.59. The summed E-state index contributed by atoms with van der Waals surface area (Å²) >= 11 is 0. The van der Waals surface area contributed by atoms with Gasteiger partial charge in [0, 0.05) is 6.54 Å². The molecule has 120 valence electrons. The fourth-order valence-electron chi connectivity index (χ4n) is 2.84. The number of carbonyl (C=O) groups excluding carboxylic acids is 1. The summed E-state index contributed by atoms with van der Waals surface area (Å²) in [5, 5.41) is 15.6. The number of nitrogens with zero attached hydrogens (tertiary/aromatic N) is 1. The summed E-state index contributed by atoms with van der Waals surface area (Å²) in [6.45, 7) is 1.22. The van der Waals surface area contributed by atoms with Gasteiger partial charge in [0.05, 0.1) is 23.2 Å².